The zero-order valence-electron chi connectivity index (χ0n) is 16.0. The highest BCUT2D eigenvalue weighted by Gasteiger charge is 2.26. The summed E-state index contributed by atoms with van der Waals surface area (Å²) in [5.74, 6) is 2.98. The van der Waals surface area contributed by atoms with Crippen molar-refractivity contribution in [1.29, 1.82) is 0 Å². The number of likely N-dealkylation sites (tertiary alicyclic amines) is 1. The molecule has 1 fully saturated rings. The van der Waals surface area contributed by atoms with Crippen LogP contribution < -0.4 is 4.74 Å². The molecule has 2 aromatic carbocycles. The second-order valence-corrected chi connectivity index (χ2v) is 8.12. The van der Waals surface area contributed by atoms with Gasteiger partial charge < -0.3 is 14.1 Å². The van der Waals surface area contributed by atoms with Crippen LogP contribution in [0.1, 0.15) is 31.1 Å². The Morgan fingerprint density at radius 1 is 1.18 bits per heavy atom. The maximum absolute atomic E-state index is 12.5. The number of methoxy groups -OCH3 is 1. The second kappa shape index (κ2) is 8.69. The minimum absolute atomic E-state index is 0.233. The van der Waals surface area contributed by atoms with Crippen LogP contribution in [0.25, 0.3) is 11.1 Å². The normalized spacial score (nSPS) is 15.1. The summed E-state index contributed by atoms with van der Waals surface area (Å²) in [6.45, 7) is 1.55. The highest BCUT2D eigenvalue weighted by molar-refractivity contribution is 7.99. The van der Waals surface area contributed by atoms with Crippen molar-refractivity contribution in [3.05, 3.63) is 54.4 Å². The summed E-state index contributed by atoms with van der Waals surface area (Å²) in [5.41, 5.74) is 1.75. The summed E-state index contributed by atoms with van der Waals surface area (Å²) in [6, 6.07) is 15.8. The highest BCUT2D eigenvalue weighted by atomic mass is 32.2. The highest BCUT2D eigenvalue weighted by Crippen LogP contribution is 2.30. The minimum Gasteiger partial charge on any atom is -0.497 e. The van der Waals surface area contributed by atoms with Gasteiger partial charge in [0.25, 0.3) is 0 Å². The fourth-order valence-corrected chi connectivity index (χ4v) is 4.37. The number of fused-ring (bicyclic) bond motifs is 1. The molecule has 0 aliphatic carbocycles. The van der Waals surface area contributed by atoms with Crippen LogP contribution in [-0.2, 0) is 4.79 Å². The molecule has 28 heavy (non-hydrogen) atoms. The van der Waals surface area contributed by atoms with Crippen molar-refractivity contribution < 1.29 is 13.9 Å². The molecule has 0 spiro atoms. The van der Waals surface area contributed by atoms with E-state index in [1.807, 2.05) is 53.4 Å². The van der Waals surface area contributed by atoms with E-state index in [9.17, 15) is 4.79 Å². The largest absolute Gasteiger partial charge is 0.497 e. The van der Waals surface area contributed by atoms with Crippen molar-refractivity contribution >= 4 is 28.8 Å². The van der Waals surface area contributed by atoms with Gasteiger partial charge in [0.05, 0.1) is 7.11 Å². The lowest BCUT2D eigenvalue weighted by atomic mass is 9.96. The van der Waals surface area contributed by atoms with Gasteiger partial charge in [-0.05, 0) is 49.2 Å². The molecule has 1 saturated heterocycles. The topological polar surface area (TPSA) is 55.6 Å². The number of carbonyl (C=O) groups is 1. The van der Waals surface area contributed by atoms with E-state index in [4.69, 9.17) is 9.15 Å². The van der Waals surface area contributed by atoms with Gasteiger partial charge in [-0.15, -0.1) is 11.8 Å². The van der Waals surface area contributed by atoms with Gasteiger partial charge in [0.2, 0.25) is 5.91 Å². The maximum atomic E-state index is 12.5. The molecule has 0 N–H and O–H groups in total. The number of amides is 1. The standard InChI is InChI=1S/C22H24N2O3S/c1-26-17-6-8-18(9-7-17)28-15-12-21(25)24-13-10-16(11-14-24)22-23-19-4-2-3-5-20(19)27-22/h2-9,16H,10-15H2,1H3. The van der Waals surface area contributed by atoms with E-state index < -0.39 is 0 Å². The summed E-state index contributed by atoms with van der Waals surface area (Å²) in [5, 5.41) is 0. The van der Waals surface area contributed by atoms with Crippen LogP contribution >= 0.6 is 11.8 Å². The Morgan fingerprint density at radius 2 is 1.93 bits per heavy atom. The predicted molar refractivity (Wildman–Crippen MR) is 111 cm³/mol. The smallest absolute Gasteiger partial charge is 0.223 e. The number of benzene rings is 2. The summed E-state index contributed by atoms with van der Waals surface area (Å²) < 4.78 is 11.1. The molecule has 1 aliphatic rings. The van der Waals surface area contributed by atoms with E-state index in [0.29, 0.717) is 12.3 Å². The van der Waals surface area contributed by atoms with E-state index in [0.717, 1.165) is 59.3 Å². The molecule has 6 heteroatoms. The third-order valence-electron chi connectivity index (χ3n) is 5.15. The van der Waals surface area contributed by atoms with Crippen LogP contribution in [0, 0.1) is 0 Å². The Labute approximate surface area is 169 Å². The number of para-hydroxylation sites is 2. The number of carbonyl (C=O) groups excluding carboxylic acids is 1. The summed E-state index contributed by atoms with van der Waals surface area (Å²) >= 11 is 1.70. The van der Waals surface area contributed by atoms with E-state index in [2.05, 4.69) is 4.98 Å². The Kier molecular flexibility index (Phi) is 5.86. The van der Waals surface area contributed by atoms with Gasteiger partial charge in [-0.1, -0.05) is 12.1 Å². The molecule has 0 saturated carbocycles. The zero-order chi connectivity index (χ0) is 19.3. The number of aromatic nitrogens is 1. The lowest BCUT2D eigenvalue weighted by Gasteiger charge is -2.30. The third-order valence-corrected chi connectivity index (χ3v) is 6.17. The molecule has 1 amide bonds. The monoisotopic (exact) mass is 396 g/mol. The number of thioether (sulfide) groups is 1. The van der Waals surface area contributed by atoms with Crippen LogP contribution in [0.3, 0.4) is 0 Å². The number of hydrogen-bond donors (Lipinski definition) is 0. The van der Waals surface area contributed by atoms with Crippen LogP contribution in [0.2, 0.25) is 0 Å². The molecule has 1 aromatic heterocycles. The SMILES string of the molecule is COc1ccc(SCCC(=O)N2CCC(c3nc4ccccc4o3)CC2)cc1. The number of hydrogen-bond acceptors (Lipinski definition) is 5. The average Bonchev–Trinajstić information content (AvgIpc) is 3.18. The first-order valence-corrected chi connectivity index (χ1v) is 10.6. The fraction of sp³-hybridized carbons (Fsp3) is 0.364. The molecule has 1 aliphatic heterocycles. The van der Waals surface area contributed by atoms with Gasteiger partial charge in [0.15, 0.2) is 11.5 Å². The summed E-state index contributed by atoms with van der Waals surface area (Å²) in [7, 11) is 1.66. The van der Waals surface area contributed by atoms with Crippen LogP contribution in [-0.4, -0.2) is 41.7 Å². The lowest BCUT2D eigenvalue weighted by molar-refractivity contribution is -0.131. The van der Waals surface area contributed by atoms with Crippen molar-refractivity contribution in [3.63, 3.8) is 0 Å². The number of rotatable bonds is 6. The zero-order valence-corrected chi connectivity index (χ0v) is 16.8. The van der Waals surface area contributed by atoms with Gasteiger partial charge in [-0.25, -0.2) is 4.98 Å². The predicted octanol–water partition coefficient (Wildman–Crippen LogP) is 4.72. The Hall–Kier alpha value is -2.47. The first-order valence-electron chi connectivity index (χ1n) is 9.63. The third kappa shape index (κ3) is 4.33. The van der Waals surface area contributed by atoms with Gasteiger partial charge in [0, 0.05) is 36.1 Å². The van der Waals surface area contributed by atoms with E-state index in [1.54, 1.807) is 18.9 Å². The van der Waals surface area contributed by atoms with Crippen molar-refractivity contribution in [3.8, 4) is 5.75 Å². The fourth-order valence-electron chi connectivity index (χ4n) is 3.53. The van der Waals surface area contributed by atoms with Gasteiger partial charge in [-0.2, -0.15) is 0 Å². The van der Waals surface area contributed by atoms with Crippen molar-refractivity contribution in [2.45, 2.75) is 30.1 Å². The Balaban J connectivity index is 1.24. The molecule has 0 atom stereocenters. The van der Waals surface area contributed by atoms with E-state index in [-0.39, 0.29) is 5.91 Å². The van der Waals surface area contributed by atoms with Crippen molar-refractivity contribution in [2.24, 2.45) is 0 Å². The minimum atomic E-state index is 0.233. The van der Waals surface area contributed by atoms with Crippen molar-refractivity contribution in [1.82, 2.24) is 9.88 Å². The molecular weight excluding hydrogens is 372 g/mol. The lowest BCUT2D eigenvalue weighted by Crippen LogP contribution is -2.38. The first-order chi connectivity index (χ1) is 13.7. The molecule has 3 aromatic rings. The molecule has 5 nitrogen and oxygen atoms in total. The average molecular weight is 397 g/mol. The quantitative estimate of drug-likeness (QED) is 0.564. The Bertz CT molecular complexity index is 897. The molecule has 0 bridgehead atoms. The number of nitrogens with zero attached hydrogens (tertiary/aromatic N) is 2. The molecule has 0 radical (unpaired) electrons. The van der Waals surface area contributed by atoms with Gasteiger partial charge in [0.1, 0.15) is 11.3 Å². The molecule has 4 rings (SSSR count). The first kappa shape index (κ1) is 18.9. The number of oxazole rings is 1. The summed E-state index contributed by atoms with van der Waals surface area (Å²) in [6.07, 6.45) is 2.37. The summed E-state index contributed by atoms with van der Waals surface area (Å²) in [4.78, 5) is 20.3. The maximum Gasteiger partial charge on any atom is 0.223 e. The van der Waals surface area contributed by atoms with Gasteiger partial charge >= 0.3 is 0 Å². The second-order valence-electron chi connectivity index (χ2n) is 6.95. The number of piperidine rings is 1. The van der Waals surface area contributed by atoms with Crippen LogP contribution in [0.15, 0.2) is 57.8 Å². The Morgan fingerprint density at radius 3 is 2.64 bits per heavy atom. The number of ether oxygens (including phenoxy) is 1. The van der Waals surface area contributed by atoms with Gasteiger partial charge in [-0.3, -0.25) is 4.79 Å². The molecule has 146 valence electrons. The van der Waals surface area contributed by atoms with Crippen molar-refractivity contribution in [2.75, 3.05) is 26.0 Å². The van der Waals surface area contributed by atoms with Crippen LogP contribution in [0.4, 0.5) is 0 Å². The van der Waals surface area contributed by atoms with Crippen LogP contribution in [0.5, 0.6) is 5.75 Å². The van der Waals surface area contributed by atoms with E-state index >= 15 is 0 Å². The van der Waals surface area contributed by atoms with E-state index in [1.165, 1.54) is 0 Å². The molecular formula is C22H24N2O3S. The molecule has 2 heterocycles. The molecule has 0 unspecified atom stereocenters.